The van der Waals surface area contributed by atoms with E-state index in [9.17, 15) is 5.11 Å². The van der Waals surface area contributed by atoms with Gasteiger partial charge >= 0.3 is 0 Å². The summed E-state index contributed by atoms with van der Waals surface area (Å²) in [4.78, 5) is 0. The van der Waals surface area contributed by atoms with Gasteiger partial charge in [0.15, 0.2) is 0 Å². The van der Waals surface area contributed by atoms with Gasteiger partial charge in [-0.2, -0.15) is 0 Å². The molecule has 3 rings (SSSR count). The summed E-state index contributed by atoms with van der Waals surface area (Å²) in [5, 5.41) is 10.2. The molecule has 0 radical (unpaired) electrons. The second-order valence-electron chi connectivity index (χ2n) is 4.89. The van der Waals surface area contributed by atoms with E-state index in [4.69, 9.17) is 4.74 Å². The summed E-state index contributed by atoms with van der Waals surface area (Å²) in [6.07, 6.45) is 4.98. The van der Waals surface area contributed by atoms with E-state index in [2.05, 4.69) is 15.9 Å². The highest BCUT2D eigenvalue weighted by molar-refractivity contribution is 9.10. The van der Waals surface area contributed by atoms with Gasteiger partial charge in [0.05, 0.1) is 6.10 Å². The number of halogens is 1. The van der Waals surface area contributed by atoms with Crippen LogP contribution in [0.5, 0.6) is 5.75 Å². The summed E-state index contributed by atoms with van der Waals surface area (Å²) in [5.74, 6) is 0.857. The number of hydrogen-bond donors (Lipinski definition) is 1. The number of fused-ring (bicyclic) bond motifs is 1. The number of benzene rings is 1. The van der Waals surface area contributed by atoms with Crippen LogP contribution in [0.4, 0.5) is 0 Å². The van der Waals surface area contributed by atoms with E-state index in [1.807, 2.05) is 18.2 Å². The molecule has 1 aliphatic carbocycles. The maximum atomic E-state index is 10.2. The van der Waals surface area contributed by atoms with Crippen molar-refractivity contribution in [2.75, 3.05) is 0 Å². The highest BCUT2D eigenvalue weighted by atomic mass is 79.9. The van der Waals surface area contributed by atoms with E-state index in [0.717, 1.165) is 35.0 Å². The van der Waals surface area contributed by atoms with Crippen LogP contribution in [-0.2, 0) is 0 Å². The van der Waals surface area contributed by atoms with Crippen molar-refractivity contribution >= 4 is 15.9 Å². The molecule has 1 fully saturated rings. The zero-order valence-corrected chi connectivity index (χ0v) is 10.7. The van der Waals surface area contributed by atoms with Gasteiger partial charge in [-0.25, -0.2) is 0 Å². The fourth-order valence-corrected chi connectivity index (χ4v) is 3.27. The summed E-state index contributed by atoms with van der Waals surface area (Å²) in [5.41, 5.74) is 0.841. The van der Waals surface area contributed by atoms with Crippen molar-refractivity contribution in [3.8, 4) is 5.75 Å². The number of hydrogen-bond acceptors (Lipinski definition) is 2. The largest absolute Gasteiger partial charge is 0.487 e. The summed E-state index contributed by atoms with van der Waals surface area (Å²) < 4.78 is 7.15. The van der Waals surface area contributed by atoms with Crippen molar-refractivity contribution in [1.82, 2.24) is 0 Å². The monoisotopic (exact) mass is 282 g/mol. The Morgan fingerprint density at radius 3 is 2.81 bits per heavy atom. The predicted molar refractivity (Wildman–Crippen MR) is 65.5 cm³/mol. The first-order chi connectivity index (χ1) is 7.69. The molecule has 1 aliphatic heterocycles. The molecule has 1 saturated carbocycles. The van der Waals surface area contributed by atoms with E-state index in [1.54, 1.807) is 0 Å². The molecule has 2 aliphatic rings. The van der Waals surface area contributed by atoms with Crippen molar-refractivity contribution < 1.29 is 9.84 Å². The van der Waals surface area contributed by atoms with Crippen molar-refractivity contribution in [3.05, 3.63) is 28.2 Å². The van der Waals surface area contributed by atoms with Crippen LogP contribution < -0.4 is 4.74 Å². The van der Waals surface area contributed by atoms with Crippen LogP contribution in [0.15, 0.2) is 22.7 Å². The zero-order chi connectivity index (χ0) is 11.2. The molecule has 0 bridgehead atoms. The van der Waals surface area contributed by atoms with Gasteiger partial charge in [-0.3, -0.25) is 0 Å². The highest BCUT2D eigenvalue weighted by Crippen LogP contribution is 2.47. The van der Waals surface area contributed by atoms with E-state index >= 15 is 0 Å². The smallest absolute Gasteiger partial charge is 0.127 e. The SMILES string of the molecule is OC1CC2(CCCC2)Oc2cc(Br)ccc21. The maximum absolute atomic E-state index is 10.2. The Morgan fingerprint density at radius 2 is 2.06 bits per heavy atom. The van der Waals surface area contributed by atoms with Gasteiger partial charge in [0.1, 0.15) is 11.4 Å². The number of ether oxygens (including phenoxy) is 1. The van der Waals surface area contributed by atoms with Crippen LogP contribution >= 0.6 is 15.9 Å². The summed E-state index contributed by atoms with van der Waals surface area (Å²) in [6.45, 7) is 0. The highest BCUT2D eigenvalue weighted by Gasteiger charge is 2.42. The van der Waals surface area contributed by atoms with Gasteiger partial charge in [0.25, 0.3) is 0 Å². The van der Waals surface area contributed by atoms with Crippen molar-refractivity contribution in [2.24, 2.45) is 0 Å². The maximum Gasteiger partial charge on any atom is 0.127 e. The Kier molecular flexibility index (Phi) is 2.48. The molecule has 16 heavy (non-hydrogen) atoms. The summed E-state index contributed by atoms with van der Waals surface area (Å²) in [7, 11) is 0. The van der Waals surface area contributed by atoms with Gasteiger partial charge in [-0.05, 0) is 37.8 Å². The van der Waals surface area contributed by atoms with Crippen LogP contribution in [0.25, 0.3) is 0 Å². The molecule has 1 atom stereocenters. The minimum absolute atomic E-state index is 0.0901. The lowest BCUT2D eigenvalue weighted by Crippen LogP contribution is -2.38. The average Bonchev–Trinajstić information content (AvgIpc) is 2.65. The van der Waals surface area contributed by atoms with E-state index in [-0.39, 0.29) is 11.7 Å². The molecule has 1 aromatic rings. The molecule has 0 amide bonds. The standard InChI is InChI=1S/C13H15BrO2/c14-9-3-4-10-11(15)8-13(5-1-2-6-13)16-12(10)7-9/h3-4,7,11,15H,1-2,5-6,8H2. The van der Waals surface area contributed by atoms with Crippen molar-refractivity contribution in [2.45, 2.75) is 43.8 Å². The molecular formula is C13H15BrO2. The molecule has 0 aromatic heterocycles. The molecule has 0 saturated heterocycles. The lowest BCUT2D eigenvalue weighted by Gasteiger charge is -2.38. The quantitative estimate of drug-likeness (QED) is 0.788. The Bertz CT molecular complexity index is 410. The second-order valence-corrected chi connectivity index (χ2v) is 5.81. The number of aliphatic hydroxyl groups excluding tert-OH is 1. The van der Waals surface area contributed by atoms with Crippen molar-refractivity contribution in [1.29, 1.82) is 0 Å². The number of rotatable bonds is 0. The lowest BCUT2D eigenvalue weighted by molar-refractivity contribution is -0.00943. The fourth-order valence-electron chi connectivity index (χ4n) is 2.93. The molecule has 1 aromatic carbocycles. The molecule has 2 nitrogen and oxygen atoms in total. The first-order valence-corrected chi connectivity index (χ1v) is 6.64. The Hall–Kier alpha value is -0.540. The van der Waals surface area contributed by atoms with Gasteiger partial charge in [-0.1, -0.05) is 22.0 Å². The van der Waals surface area contributed by atoms with Crippen LogP contribution in [0.3, 0.4) is 0 Å². The first-order valence-electron chi connectivity index (χ1n) is 5.85. The molecule has 1 heterocycles. The van der Waals surface area contributed by atoms with Gasteiger partial charge in [0.2, 0.25) is 0 Å². The fraction of sp³-hybridized carbons (Fsp3) is 0.538. The summed E-state index contributed by atoms with van der Waals surface area (Å²) in [6, 6.07) is 5.88. The summed E-state index contributed by atoms with van der Waals surface area (Å²) >= 11 is 3.45. The second kappa shape index (κ2) is 3.74. The Morgan fingerprint density at radius 1 is 1.31 bits per heavy atom. The lowest BCUT2D eigenvalue weighted by atomic mass is 9.87. The van der Waals surface area contributed by atoms with E-state index in [1.165, 1.54) is 12.8 Å². The van der Waals surface area contributed by atoms with Crippen LogP contribution in [0.2, 0.25) is 0 Å². The minimum atomic E-state index is -0.366. The third-order valence-corrected chi connectivity index (χ3v) is 4.23. The zero-order valence-electron chi connectivity index (χ0n) is 9.08. The van der Waals surface area contributed by atoms with Crippen LogP contribution in [0.1, 0.15) is 43.8 Å². The third kappa shape index (κ3) is 1.66. The number of aliphatic hydroxyl groups is 1. The molecule has 3 heteroatoms. The Balaban J connectivity index is 2.00. The molecule has 1 spiro atoms. The van der Waals surface area contributed by atoms with Crippen LogP contribution in [-0.4, -0.2) is 10.7 Å². The van der Waals surface area contributed by atoms with E-state index < -0.39 is 0 Å². The van der Waals surface area contributed by atoms with E-state index in [0.29, 0.717) is 0 Å². The normalized spacial score (nSPS) is 26.5. The average molecular weight is 283 g/mol. The van der Waals surface area contributed by atoms with Crippen LogP contribution in [0, 0.1) is 0 Å². The molecule has 1 N–H and O–H groups in total. The van der Waals surface area contributed by atoms with Gasteiger partial charge in [-0.15, -0.1) is 0 Å². The van der Waals surface area contributed by atoms with Gasteiger partial charge < -0.3 is 9.84 Å². The van der Waals surface area contributed by atoms with Gasteiger partial charge in [0, 0.05) is 16.5 Å². The van der Waals surface area contributed by atoms with Crippen molar-refractivity contribution in [3.63, 3.8) is 0 Å². The molecule has 86 valence electrons. The topological polar surface area (TPSA) is 29.5 Å². The first kappa shape index (κ1) is 10.6. The molecular weight excluding hydrogens is 268 g/mol. The Labute approximate surface area is 104 Å². The third-order valence-electron chi connectivity index (χ3n) is 3.74. The molecule has 1 unspecified atom stereocenters. The minimum Gasteiger partial charge on any atom is -0.487 e. The predicted octanol–water partition coefficient (Wildman–Crippen LogP) is 3.58.